The monoisotopic (exact) mass is 422 g/mol. The fraction of sp³-hybridized carbons (Fsp3) is 0.375. The highest BCUT2D eigenvalue weighted by Gasteiger charge is 2.14. The zero-order valence-corrected chi connectivity index (χ0v) is 18.6. The molecule has 0 aliphatic carbocycles. The van der Waals surface area contributed by atoms with Crippen molar-refractivity contribution in [2.75, 3.05) is 31.6 Å². The molecule has 2 heterocycles. The highest BCUT2D eigenvalue weighted by atomic mass is 16.5. The first-order valence-corrected chi connectivity index (χ1v) is 10.7. The molecule has 7 heteroatoms. The van der Waals surface area contributed by atoms with E-state index in [1.165, 1.54) is 0 Å². The van der Waals surface area contributed by atoms with Gasteiger partial charge in [-0.3, -0.25) is 4.79 Å². The van der Waals surface area contributed by atoms with Gasteiger partial charge in [0.2, 0.25) is 5.91 Å². The summed E-state index contributed by atoms with van der Waals surface area (Å²) in [7, 11) is 0. The molecule has 3 rings (SSSR count). The lowest BCUT2D eigenvalue weighted by Crippen LogP contribution is -2.27. The number of anilines is 1. The summed E-state index contributed by atoms with van der Waals surface area (Å²) in [5.41, 5.74) is 4.73. The van der Waals surface area contributed by atoms with E-state index >= 15 is 0 Å². The molecule has 0 unspecified atom stereocenters. The van der Waals surface area contributed by atoms with Crippen LogP contribution in [-0.4, -0.2) is 52.4 Å². The number of rotatable bonds is 9. The van der Waals surface area contributed by atoms with E-state index in [1.807, 2.05) is 36.6 Å². The number of nitrogens with one attached hydrogen (secondary N) is 1. The maximum atomic E-state index is 12.6. The van der Waals surface area contributed by atoms with Crippen molar-refractivity contribution in [2.45, 2.75) is 34.1 Å². The molecule has 0 bridgehead atoms. The predicted octanol–water partition coefficient (Wildman–Crippen LogP) is 3.63. The van der Waals surface area contributed by atoms with E-state index in [0.29, 0.717) is 17.9 Å². The molecule has 0 aliphatic heterocycles. The van der Waals surface area contributed by atoms with Gasteiger partial charge in [0.1, 0.15) is 12.3 Å². The van der Waals surface area contributed by atoms with E-state index in [-0.39, 0.29) is 18.3 Å². The first-order chi connectivity index (χ1) is 14.9. The fourth-order valence-electron chi connectivity index (χ4n) is 3.52. The van der Waals surface area contributed by atoms with Crippen molar-refractivity contribution < 1.29 is 14.3 Å². The van der Waals surface area contributed by atoms with E-state index in [9.17, 15) is 9.59 Å². The van der Waals surface area contributed by atoms with Crippen molar-refractivity contribution in [1.29, 1.82) is 0 Å². The second kappa shape index (κ2) is 10.2. The van der Waals surface area contributed by atoms with Crippen LogP contribution in [0.15, 0.2) is 42.6 Å². The molecule has 1 amide bonds. The molecule has 0 saturated carbocycles. The van der Waals surface area contributed by atoms with E-state index < -0.39 is 0 Å². The summed E-state index contributed by atoms with van der Waals surface area (Å²) >= 11 is 0. The summed E-state index contributed by atoms with van der Waals surface area (Å²) in [6, 6.07) is 10.7. The smallest absolute Gasteiger partial charge is 0.338 e. The average Bonchev–Trinajstić information content (AvgIpc) is 3.08. The van der Waals surface area contributed by atoms with Crippen LogP contribution in [0.4, 0.5) is 5.69 Å². The van der Waals surface area contributed by atoms with Gasteiger partial charge in [0.25, 0.3) is 0 Å². The predicted molar refractivity (Wildman–Crippen MR) is 122 cm³/mol. The van der Waals surface area contributed by atoms with E-state index in [0.717, 1.165) is 42.2 Å². The second-order valence-electron chi connectivity index (χ2n) is 7.49. The molecular formula is C24H30N4O3. The van der Waals surface area contributed by atoms with Crippen LogP contribution in [0.5, 0.6) is 0 Å². The van der Waals surface area contributed by atoms with Crippen LogP contribution in [0.3, 0.4) is 0 Å². The van der Waals surface area contributed by atoms with Crippen LogP contribution in [-0.2, 0) is 16.0 Å². The third kappa shape index (κ3) is 5.49. The Balaban J connectivity index is 1.57. The number of esters is 1. The first-order valence-electron chi connectivity index (χ1n) is 10.7. The van der Waals surface area contributed by atoms with Crippen molar-refractivity contribution >= 4 is 23.2 Å². The molecule has 1 N–H and O–H groups in total. The lowest BCUT2D eigenvalue weighted by Gasteiger charge is -2.17. The molecule has 1 aromatic carbocycles. The second-order valence-corrected chi connectivity index (χ2v) is 7.49. The van der Waals surface area contributed by atoms with Crippen molar-refractivity contribution in [1.82, 2.24) is 14.3 Å². The maximum Gasteiger partial charge on any atom is 0.338 e. The van der Waals surface area contributed by atoms with Gasteiger partial charge in [0.15, 0.2) is 0 Å². The van der Waals surface area contributed by atoms with Crippen LogP contribution < -0.4 is 5.32 Å². The number of hydrogen-bond donors (Lipinski definition) is 1. The van der Waals surface area contributed by atoms with Crippen molar-refractivity contribution in [3.05, 3.63) is 65.1 Å². The lowest BCUT2D eigenvalue weighted by atomic mass is 10.2. The molecule has 0 spiro atoms. The molecule has 2 aromatic heterocycles. The van der Waals surface area contributed by atoms with Gasteiger partial charge in [-0.05, 0) is 62.8 Å². The van der Waals surface area contributed by atoms with Crippen LogP contribution >= 0.6 is 0 Å². The standard InChI is InChI=1S/C24H30N4O3/c1-5-27(6-2)14-15-31-24(30)19-9-11-20(12-10-19)26-22(29)16-21-18(4)25-23-17(3)8-7-13-28(21)23/h7-13H,5-6,14-16H2,1-4H3,(H,26,29). The summed E-state index contributed by atoms with van der Waals surface area (Å²) < 4.78 is 7.30. The summed E-state index contributed by atoms with van der Waals surface area (Å²) in [5, 5.41) is 2.89. The van der Waals surface area contributed by atoms with Crippen LogP contribution in [0.25, 0.3) is 5.65 Å². The number of aryl methyl sites for hydroxylation is 2. The van der Waals surface area contributed by atoms with E-state index in [2.05, 4.69) is 29.0 Å². The summed E-state index contributed by atoms with van der Waals surface area (Å²) in [6.07, 6.45) is 2.14. The molecule has 0 saturated heterocycles. The lowest BCUT2D eigenvalue weighted by molar-refractivity contribution is -0.115. The largest absolute Gasteiger partial charge is 0.461 e. The van der Waals surface area contributed by atoms with Gasteiger partial charge in [-0.25, -0.2) is 9.78 Å². The van der Waals surface area contributed by atoms with Gasteiger partial charge in [-0.15, -0.1) is 0 Å². The highest BCUT2D eigenvalue weighted by molar-refractivity contribution is 5.94. The molecular weight excluding hydrogens is 392 g/mol. The normalized spacial score (nSPS) is 11.1. The number of ether oxygens (including phenoxy) is 1. The van der Waals surface area contributed by atoms with Gasteiger partial charge in [0, 0.05) is 18.4 Å². The third-order valence-corrected chi connectivity index (χ3v) is 5.41. The topological polar surface area (TPSA) is 75.9 Å². The van der Waals surface area contributed by atoms with Gasteiger partial charge in [-0.1, -0.05) is 19.9 Å². The number of pyridine rings is 1. The number of likely N-dealkylation sites (N-methyl/N-ethyl adjacent to an activating group) is 1. The van der Waals surface area contributed by atoms with Crippen molar-refractivity contribution in [3.8, 4) is 0 Å². The molecule has 7 nitrogen and oxygen atoms in total. The molecule has 3 aromatic rings. The Morgan fingerprint density at radius 2 is 1.81 bits per heavy atom. The zero-order valence-electron chi connectivity index (χ0n) is 18.6. The van der Waals surface area contributed by atoms with Gasteiger partial charge in [-0.2, -0.15) is 0 Å². The van der Waals surface area contributed by atoms with Crippen molar-refractivity contribution in [3.63, 3.8) is 0 Å². The quantitative estimate of drug-likeness (QED) is 0.533. The van der Waals surface area contributed by atoms with Crippen LogP contribution in [0.1, 0.15) is 41.2 Å². The zero-order chi connectivity index (χ0) is 22.4. The number of fused-ring (bicyclic) bond motifs is 1. The number of imidazole rings is 1. The van der Waals surface area contributed by atoms with Gasteiger partial charge < -0.3 is 19.4 Å². The molecule has 0 radical (unpaired) electrons. The maximum absolute atomic E-state index is 12.6. The third-order valence-electron chi connectivity index (χ3n) is 5.41. The Labute approximate surface area is 183 Å². The minimum atomic E-state index is -0.359. The highest BCUT2D eigenvalue weighted by Crippen LogP contribution is 2.17. The average molecular weight is 423 g/mol. The van der Waals surface area contributed by atoms with E-state index in [1.54, 1.807) is 24.3 Å². The Kier molecular flexibility index (Phi) is 7.41. The molecule has 0 atom stereocenters. The Morgan fingerprint density at radius 1 is 1.10 bits per heavy atom. The number of carbonyl (C=O) groups is 2. The van der Waals surface area contributed by atoms with Gasteiger partial charge >= 0.3 is 5.97 Å². The molecule has 0 aliphatic rings. The molecule has 0 fully saturated rings. The first kappa shape index (κ1) is 22.5. The minimum absolute atomic E-state index is 0.138. The number of carbonyl (C=O) groups excluding carboxylic acids is 2. The number of amides is 1. The Morgan fingerprint density at radius 3 is 2.48 bits per heavy atom. The Hall–Kier alpha value is -3.19. The number of benzene rings is 1. The fourth-order valence-corrected chi connectivity index (χ4v) is 3.52. The van der Waals surface area contributed by atoms with Crippen LogP contribution in [0.2, 0.25) is 0 Å². The Bertz CT molecular complexity index is 1050. The molecule has 31 heavy (non-hydrogen) atoms. The number of hydrogen-bond acceptors (Lipinski definition) is 5. The number of nitrogens with zero attached hydrogens (tertiary/aromatic N) is 3. The van der Waals surface area contributed by atoms with Crippen molar-refractivity contribution in [2.24, 2.45) is 0 Å². The number of aromatic nitrogens is 2. The summed E-state index contributed by atoms with van der Waals surface area (Å²) in [5.74, 6) is -0.497. The SMILES string of the molecule is CCN(CC)CCOC(=O)c1ccc(NC(=O)Cc2c(C)nc3c(C)cccn23)cc1. The summed E-state index contributed by atoms with van der Waals surface area (Å²) in [4.78, 5) is 31.6. The molecule has 164 valence electrons. The van der Waals surface area contributed by atoms with Gasteiger partial charge in [0.05, 0.1) is 23.4 Å². The van der Waals surface area contributed by atoms with Crippen LogP contribution in [0, 0.1) is 13.8 Å². The minimum Gasteiger partial charge on any atom is -0.461 e. The summed E-state index contributed by atoms with van der Waals surface area (Å²) in [6.45, 7) is 11.0. The van der Waals surface area contributed by atoms with E-state index in [4.69, 9.17) is 4.74 Å².